The van der Waals surface area contributed by atoms with Gasteiger partial charge in [0, 0.05) is 16.6 Å². The van der Waals surface area contributed by atoms with Crippen LogP contribution in [0.2, 0.25) is 0 Å². The van der Waals surface area contributed by atoms with Gasteiger partial charge < -0.3 is 0 Å². The summed E-state index contributed by atoms with van der Waals surface area (Å²) in [5.74, 6) is 0.0866. The number of ketones is 1. The Balaban J connectivity index is 2.80. The van der Waals surface area contributed by atoms with Crippen molar-refractivity contribution >= 4 is 16.6 Å². The molecule has 2 nitrogen and oxygen atoms in total. The lowest BCUT2D eigenvalue weighted by molar-refractivity contribution is -0.116. The van der Waals surface area contributed by atoms with Crippen molar-refractivity contribution in [2.45, 2.75) is 37.3 Å². The number of aryl methyl sites for hydroxylation is 1. The number of hydrogen-bond donors (Lipinski definition) is 0. The van der Waals surface area contributed by atoms with Crippen molar-refractivity contribution in [3.8, 4) is 0 Å². The van der Waals surface area contributed by atoms with E-state index in [1.807, 2.05) is 38.1 Å². The summed E-state index contributed by atoms with van der Waals surface area (Å²) >= 11 is 0. The average molecular weight is 224 g/mol. The van der Waals surface area contributed by atoms with E-state index in [1.54, 1.807) is 0 Å². The SMILES string of the molecule is CC(=O)CC(C)S(=O)c1cccc(C)c1. The van der Waals surface area contributed by atoms with Crippen LogP contribution in [-0.4, -0.2) is 15.2 Å². The molecule has 2 atom stereocenters. The van der Waals surface area contributed by atoms with Crippen molar-refractivity contribution in [2.24, 2.45) is 0 Å². The molecule has 82 valence electrons. The molecule has 1 rings (SSSR count). The van der Waals surface area contributed by atoms with Crippen molar-refractivity contribution in [1.29, 1.82) is 0 Å². The van der Waals surface area contributed by atoms with Crippen molar-refractivity contribution in [3.05, 3.63) is 29.8 Å². The number of carbonyl (C=O) groups is 1. The van der Waals surface area contributed by atoms with Crippen molar-refractivity contribution in [2.75, 3.05) is 0 Å². The van der Waals surface area contributed by atoms with E-state index in [-0.39, 0.29) is 11.0 Å². The maximum Gasteiger partial charge on any atom is 0.131 e. The molecule has 0 heterocycles. The van der Waals surface area contributed by atoms with Crippen LogP contribution in [0, 0.1) is 6.92 Å². The van der Waals surface area contributed by atoms with Gasteiger partial charge in [-0.15, -0.1) is 0 Å². The Bertz CT molecular complexity index is 385. The Kier molecular flexibility index (Phi) is 4.21. The number of rotatable bonds is 4. The van der Waals surface area contributed by atoms with Gasteiger partial charge in [-0.05, 0) is 31.5 Å². The topological polar surface area (TPSA) is 34.1 Å². The first kappa shape index (κ1) is 12.1. The molecule has 3 heteroatoms. The van der Waals surface area contributed by atoms with Crippen LogP contribution in [0.25, 0.3) is 0 Å². The van der Waals surface area contributed by atoms with E-state index in [4.69, 9.17) is 0 Å². The van der Waals surface area contributed by atoms with Gasteiger partial charge >= 0.3 is 0 Å². The van der Waals surface area contributed by atoms with Gasteiger partial charge in [0.2, 0.25) is 0 Å². The summed E-state index contributed by atoms with van der Waals surface area (Å²) in [5, 5.41) is -0.107. The van der Waals surface area contributed by atoms with Gasteiger partial charge in [0.05, 0.1) is 10.8 Å². The van der Waals surface area contributed by atoms with Gasteiger partial charge in [-0.3, -0.25) is 9.00 Å². The van der Waals surface area contributed by atoms with Crippen LogP contribution in [0.4, 0.5) is 0 Å². The van der Waals surface area contributed by atoms with E-state index < -0.39 is 10.8 Å². The molecule has 0 amide bonds. The third kappa shape index (κ3) is 3.59. The molecule has 1 aromatic carbocycles. The predicted molar refractivity (Wildman–Crippen MR) is 62.3 cm³/mol. The summed E-state index contributed by atoms with van der Waals surface area (Å²) in [6.07, 6.45) is 0.376. The van der Waals surface area contributed by atoms with Crippen LogP contribution >= 0.6 is 0 Å². The molecule has 0 saturated carbocycles. The second-order valence-electron chi connectivity index (χ2n) is 3.83. The lowest BCUT2D eigenvalue weighted by atomic mass is 10.2. The molecular formula is C12H16O2S. The molecule has 0 aromatic heterocycles. The van der Waals surface area contributed by atoms with Gasteiger partial charge in [0.15, 0.2) is 0 Å². The molecule has 0 saturated heterocycles. The summed E-state index contributed by atoms with van der Waals surface area (Å²) in [6.45, 7) is 5.35. The summed E-state index contributed by atoms with van der Waals surface area (Å²) in [4.78, 5) is 11.7. The van der Waals surface area contributed by atoms with E-state index in [1.165, 1.54) is 6.92 Å². The molecule has 0 aliphatic rings. The van der Waals surface area contributed by atoms with Crippen LogP contribution in [0.5, 0.6) is 0 Å². The largest absolute Gasteiger partial charge is 0.300 e. The number of carbonyl (C=O) groups excluding carboxylic acids is 1. The molecule has 0 aliphatic heterocycles. The van der Waals surface area contributed by atoms with E-state index in [9.17, 15) is 9.00 Å². The summed E-state index contributed by atoms with van der Waals surface area (Å²) < 4.78 is 12.0. The van der Waals surface area contributed by atoms with Crippen LogP contribution < -0.4 is 0 Å². The van der Waals surface area contributed by atoms with Crippen LogP contribution in [0.1, 0.15) is 25.8 Å². The molecule has 0 aliphatic carbocycles. The van der Waals surface area contributed by atoms with Gasteiger partial charge in [-0.25, -0.2) is 0 Å². The first-order valence-corrected chi connectivity index (χ1v) is 6.18. The third-order valence-corrected chi connectivity index (χ3v) is 3.78. The van der Waals surface area contributed by atoms with Gasteiger partial charge in [-0.1, -0.05) is 19.1 Å². The Morgan fingerprint density at radius 2 is 2.13 bits per heavy atom. The second kappa shape index (κ2) is 5.21. The molecule has 0 bridgehead atoms. The molecule has 0 fully saturated rings. The Morgan fingerprint density at radius 1 is 1.47 bits per heavy atom. The van der Waals surface area contributed by atoms with Crippen LogP contribution in [-0.2, 0) is 15.6 Å². The highest BCUT2D eigenvalue weighted by atomic mass is 32.2. The maximum atomic E-state index is 12.0. The fourth-order valence-corrected chi connectivity index (χ4v) is 2.82. The molecule has 2 unspecified atom stereocenters. The highest BCUT2D eigenvalue weighted by molar-refractivity contribution is 7.85. The number of hydrogen-bond acceptors (Lipinski definition) is 2. The summed E-state index contributed by atoms with van der Waals surface area (Å²) in [6, 6.07) is 7.62. The second-order valence-corrected chi connectivity index (χ2v) is 5.70. The fraction of sp³-hybridized carbons (Fsp3) is 0.417. The van der Waals surface area contributed by atoms with Crippen molar-refractivity contribution in [3.63, 3.8) is 0 Å². The minimum absolute atomic E-state index is 0.0866. The summed E-state index contributed by atoms with van der Waals surface area (Å²) in [5.41, 5.74) is 1.09. The highest BCUT2D eigenvalue weighted by Crippen LogP contribution is 2.15. The predicted octanol–water partition coefficient (Wildman–Crippen LogP) is 2.47. The van der Waals surface area contributed by atoms with Crippen LogP contribution in [0.3, 0.4) is 0 Å². The van der Waals surface area contributed by atoms with E-state index in [2.05, 4.69) is 0 Å². The minimum atomic E-state index is -1.08. The molecular weight excluding hydrogens is 208 g/mol. The Labute approximate surface area is 93.2 Å². The Morgan fingerprint density at radius 3 is 2.67 bits per heavy atom. The van der Waals surface area contributed by atoms with E-state index in [0.717, 1.165) is 10.5 Å². The zero-order chi connectivity index (χ0) is 11.4. The minimum Gasteiger partial charge on any atom is -0.300 e. The highest BCUT2D eigenvalue weighted by Gasteiger charge is 2.14. The molecule has 15 heavy (non-hydrogen) atoms. The first-order chi connectivity index (χ1) is 7.00. The van der Waals surface area contributed by atoms with Gasteiger partial charge in [0.1, 0.15) is 5.78 Å². The fourth-order valence-electron chi connectivity index (χ4n) is 1.45. The lowest BCUT2D eigenvalue weighted by Crippen LogP contribution is -2.14. The normalized spacial score (nSPS) is 14.6. The van der Waals surface area contributed by atoms with Crippen molar-refractivity contribution in [1.82, 2.24) is 0 Å². The quantitative estimate of drug-likeness (QED) is 0.787. The Hall–Kier alpha value is -0.960. The monoisotopic (exact) mass is 224 g/mol. The standard InChI is InChI=1S/C12H16O2S/c1-9-5-4-6-12(7-9)15(14)11(3)8-10(2)13/h4-7,11H,8H2,1-3H3. The number of benzene rings is 1. The number of Topliss-reactive ketones (excluding diaryl/α,β-unsaturated/α-hetero) is 1. The smallest absolute Gasteiger partial charge is 0.131 e. The average Bonchev–Trinajstić information content (AvgIpc) is 2.15. The van der Waals surface area contributed by atoms with Gasteiger partial charge in [0.25, 0.3) is 0 Å². The molecule has 0 spiro atoms. The van der Waals surface area contributed by atoms with E-state index in [0.29, 0.717) is 6.42 Å². The zero-order valence-electron chi connectivity index (χ0n) is 9.32. The van der Waals surface area contributed by atoms with Crippen molar-refractivity contribution < 1.29 is 9.00 Å². The van der Waals surface area contributed by atoms with Gasteiger partial charge in [-0.2, -0.15) is 0 Å². The first-order valence-electron chi connectivity index (χ1n) is 4.97. The van der Waals surface area contributed by atoms with Crippen LogP contribution in [0.15, 0.2) is 29.2 Å². The third-order valence-electron chi connectivity index (χ3n) is 2.16. The zero-order valence-corrected chi connectivity index (χ0v) is 10.1. The maximum absolute atomic E-state index is 12.0. The molecule has 1 aromatic rings. The molecule has 0 radical (unpaired) electrons. The lowest BCUT2D eigenvalue weighted by Gasteiger charge is -2.09. The van der Waals surface area contributed by atoms with E-state index >= 15 is 0 Å². The summed E-state index contributed by atoms with van der Waals surface area (Å²) in [7, 11) is -1.08. The molecule has 0 N–H and O–H groups in total.